The fraction of sp³-hybridized carbons (Fsp3) is 0. The van der Waals surface area contributed by atoms with E-state index >= 15 is 0 Å². The molecule has 4 heavy (non-hydrogen) atoms. The topological polar surface area (TPSA) is 31.5 Å². The van der Waals surface area contributed by atoms with E-state index in [4.69, 9.17) is 0 Å². The van der Waals surface area contributed by atoms with E-state index in [-0.39, 0.29) is 122 Å². The summed E-state index contributed by atoms with van der Waals surface area (Å²) in [4.78, 5) is 0. The van der Waals surface area contributed by atoms with Crippen LogP contribution in [0.4, 0.5) is 0 Å². The average molecular weight is 356 g/mol. The zero-order chi connectivity index (χ0) is 0. The van der Waals surface area contributed by atoms with Gasteiger partial charge in [-0.1, -0.05) is 0 Å². The minimum atomic E-state index is 0. The molecule has 0 aromatic heterocycles. The summed E-state index contributed by atoms with van der Waals surface area (Å²) in [6, 6.07) is 0. The largest absolute Gasteiger partial charge is 2.00 e. The van der Waals surface area contributed by atoms with Crippen molar-refractivity contribution >= 4 is 37.7 Å². The minimum Gasteiger partial charge on any atom is -1.00 e. The van der Waals surface area contributed by atoms with Gasteiger partial charge in [0.05, 0.1) is 0 Å². The first-order valence-corrected chi connectivity index (χ1v) is 0. The molecular weight excluding hydrogens is 352 g/mol. The number of rotatable bonds is 0. The Morgan fingerprint density at radius 2 is 1.25 bits per heavy atom. The molecule has 0 unspecified atom stereocenters. The Labute approximate surface area is 118 Å². The van der Waals surface area contributed by atoms with Gasteiger partial charge in [-0.2, -0.15) is 0 Å². The van der Waals surface area contributed by atoms with Gasteiger partial charge >= 0.3 is 37.7 Å². The molecule has 0 saturated carbocycles. The molecule has 0 bridgehead atoms. The van der Waals surface area contributed by atoms with Crippen molar-refractivity contribution < 1.29 is 83.9 Å². The van der Waals surface area contributed by atoms with Gasteiger partial charge in [-0.05, 0) is 0 Å². The van der Waals surface area contributed by atoms with Crippen molar-refractivity contribution in [1.29, 1.82) is 0 Å². The molecule has 23 valence electrons. The van der Waals surface area contributed by atoms with Crippen LogP contribution in [0.1, 0.15) is 2.85 Å². The molecule has 4 heteroatoms. The zero-order valence-corrected chi connectivity index (χ0v) is 10.2. The van der Waals surface area contributed by atoms with Crippen LogP contribution in [0.2, 0.25) is 0 Å². The van der Waals surface area contributed by atoms with Crippen molar-refractivity contribution in [3.63, 3.8) is 0 Å². The molecule has 0 aromatic rings. The maximum Gasteiger partial charge on any atom is 2.00 e. The van der Waals surface area contributed by atoms with Gasteiger partial charge in [-0.15, -0.1) is 0 Å². The molecule has 0 aliphatic heterocycles. The predicted octanol–water partition coefficient (Wildman–Crippen LogP) is -0.980. The van der Waals surface area contributed by atoms with Crippen LogP contribution < -0.4 is 0 Å². The summed E-state index contributed by atoms with van der Waals surface area (Å²) in [5, 5.41) is 0. The van der Waals surface area contributed by atoms with Crippen molar-refractivity contribution in [2.75, 3.05) is 0 Å². The second kappa shape index (κ2) is 15.9. The van der Waals surface area contributed by atoms with Crippen molar-refractivity contribution in [2.45, 2.75) is 0 Å². The molecular formula is H4CaGdLaO. The Kier molecular flexibility index (Phi) is 99.8. The molecule has 1 radical (unpaired) electrons. The van der Waals surface area contributed by atoms with Crippen LogP contribution in [0.3, 0.4) is 0 Å². The third kappa shape index (κ3) is 9.22. The van der Waals surface area contributed by atoms with E-state index in [1.54, 1.807) is 0 Å². The standard InChI is InChI=1S/Ca.Gd.La.H2O.2H/h;;;1H2;;/q+2;;;;2*-1. The Balaban J connectivity index is 0. The molecule has 0 aliphatic rings. The smallest absolute Gasteiger partial charge is 1.00 e. The summed E-state index contributed by atoms with van der Waals surface area (Å²) in [6.45, 7) is 0. The summed E-state index contributed by atoms with van der Waals surface area (Å²) in [7, 11) is 0. The van der Waals surface area contributed by atoms with E-state index in [0.717, 1.165) is 0 Å². The van der Waals surface area contributed by atoms with Crippen molar-refractivity contribution in [2.24, 2.45) is 0 Å². The Hall–Kier alpha value is 3.74. The SMILES string of the molecule is O.[Ca+2].[Gd].[H-].[H-].[La]. The first kappa shape index (κ1) is 25.1. The van der Waals surface area contributed by atoms with Gasteiger partial charge in [0.1, 0.15) is 0 Å². The molecule has 0 heterocycles. The van der Waals surface area contributed by atoms with Crippen LogP contribution in [0.5, 0.6) is 0 Å². The molecule has 0 amide bonds. The number of hydrogen-bond acceptors (Lipinski definition) is 0. The van der Waals surface area contributed by atoms with Crippen LogP contribution in [0, 0.1) is 75.5 Å². The Morgan fingerprint density at radius 3 is 1.25 bits per heavy atom. The molecule has 0 spiro atoms. The first-order valence-electron chi connectivity index (χ1n) is 0. The van der Waals surface area contributed by atoms with Crippen LogP contribution >= 0.6 is 0 Å². The number of hydrogen-bond donors (Lipinski definition) is 0. The first-order chi connectivity index (χ1) is 0. The Morgan fingerprint density at radius 1 is 1.25 bits per heavy atom. The molecule has 0 aliphatic carbocycles. The zero-order valence-electron chi connectivity index (χ0n) is 4.14. The second-order valence-corrected chi connectivity index (χ2v) is 0. The van der Waals surface area contributed by atoms with E-state index in [1.165, 1.54) is 0 Å². The van der Waals surface area contributed by atoms with Gasteiger partial charge in [0.25, 0.3) is 0 Å². The van der Waals surface area contributed by atoms with Gasteiger partial charge in [-0.25, -0.2) is 0 Å². The minimum absolute atomic E-state index is 0. The maximum absolute atomic E-state index is 0. The average Bonchev–Trinajstić information content (AvgIpc) is 0. The van der Waals surface area contributed by atoms with E-state index in [2.05, 4.69) is 0 Å². The third-order valence-corrected chi connectivity index (χ3v) is 0. The van der Waals surface area contributed by atoms with Gasteiger partial charge in [0.2, 0.25) is 0 Å². The summed E-state index contributed by atoms with van der Waals surface area (Å²) in [5.74, 6) is 0. The van der Waals surface area contributed by atoms with E-state index in [1.807, 2.05) is 0 Å². The fourth-order valence-corrected chi connectivity index (χ4v) is 0. The summed E-state index contributed by atoms with van der Waals surface area (Å²) in [5.41, 5.74) is 0. The quantitative estimate of drug-likeness (QED) is 0.500. The van der Waals surface area contributed by atoms with Gasteiger partial charge in [-0.3, -0.25) is 0 Å². The molecule has 0 saturated heterocycles. The molecule has 0 fully saturated rings. The predicted molar refractivity (Wildman–Crippen MR) is 11.6 cm³/mol. The third-order valence-electron chi connectivity index (χ3n) is 0. The molecule has 0 rings (SSSR count). The maximum atomic E-state index is 0. The van der Waals surface area contributed by atoms with Gasteiger partial charge < -0.3 is 8.33 Å². The fourth-order valence-electron chi connectivity index (χ4n) is 0. The normalized spacial score (nSPS) is 0. The van der Waals surface area contributed by atoms with Crippen molar-refractivity contribution in [1.82, 2.24) is 0 Å². The molecule has 2 N–H and O–H groups in total. The van der Waals surface area contributed by atoms with Crippen molar-refractivity contribution in [3.05, 3.63) is 0 Å². The summed E-state index contributed by atoms with van der Waals surface area (Å²) >= 11 is 0. The van der Waals surface area contributed by atoms with E-state index in [0.29, 0.717) is 0 Å². The van der Waals surface area contributed by atoms with Gasteiger partial charge in [0.15, 0.2) is 0 Å². The van der Waals surface area contributed by atoms with Crippen LogP contribution in [-0.4, -0.2) is 43.2 Å². The van der Waals surface area contributed by atoms with Crippen LogP contribution in [0.15, 0.2) is 0 Å². The van der Waals surface area contributed by atoms with E-state index in [9.17, 15) is 0 Å². The van der Waals surface area contributed by atoms with Crippen LogP contribution in [0.25, 0.3) is 0 Å². The molecule has 1 nitrogen and oxygen atoms in total. The monoisotopic (exact) mass is 357 g/mol. The molecule has 0 atom stereocenters. The van der Waals surface area contributed by atoms with Crippen molar-refractivity contribution in [3.8, 4) is 0 Å². The summed E-state index contributed by atoms with van der Waals surface area (Å²) in [6.07, 6.45) is 0. The van der Waals surface area contributed by atoms with Gasteiger partial charge in [0, 0.05) is 75.5 Å². The molecule has 0 aromatic carbocycles. The Bertz CT molecular complexity index is 13.5. The second-order valence-electron chi connectivity index (χ2n) is 0. The van der Waals surface area contributed by atoms with Crippen LogP contribution in [-0.2, 0) is 0 Å². The van der Waals surface area contributed by atoms with E-state index < -0.39 is 0 Å². The summed E-state index contributed by atoms with van der Waals surface area (Å²) < 4.78 is 0.